The summed E-state index contributed by atoms with van der Waals surface area (Å²) >= 11 is 7.97. The number of aliphatic hydroxyl groups is 1. The Morgan fingerprint density at radius 3 is 2.36 bits per heavy atom. The number of thiol groups is 2. The highest BCUT2D eigenvalue weighted by atomic mass is 32.1. The summed E-state index contributed by atoms with van der Waals surface area (Å²) in [5.41, 5.74) is 0. The van der Waals surface area contributed by atoms with Crippen molar-refractivity contribution in [2.45, 2.75) is 0 Å². The van der Waals surface area contributed by atoms with Crippen LogP contribution in [0.5, 0.6) is 0 Å². The van der Waals surface area contributed by atoms with Gasteiger partial charge in [-0.2, -0.15) is 25.3 Å². The van der Waals surface area contributed by atoms with E-state index in [4.69, 9.17) is 5.11 Å². The summed E-state index contributed by atoms with van der Waals surface area (Å²) in [6, 6.07) is 0. The molecule has 0 atom stereocenters. The Kier molecular flexibility index (Phi) is 6.90. The lowest BCUT2D eigenvalue weighted by atomic mass is 10.2. The third kappa shape index (κ3) is 4.55. The molecule has 5 heteroatoms. The van der Waals surface area contributed by atoms with E-state index in [9.17, 15) is 4.79 Å². The number of amides is 1. The summed E-state index contributed by atoms with van der Waals surface area (Å²) in [6.45, 7) is 0.272. The first-order chi connectivity index (χ1) is 5.26. The predicted molar refractivity (Wildman–Crippen MR) is 51.3 cm³/mol. The average molecular weight is 195 g/mol. The van der Waals surface area contributed by atoms with Gasteiger partial charge in [-0.05, 0) is 0 Å². The number of hydrogen-bond donors (Lipinski definition) is 4. The van der Waals surface area contributed by atoms with E-state index in [1.54, 1.807) is 0 Å². The quantitative estimate of drug-likeness (QED) is 0.450. The minimum Gasteiger partial charge on any atom is -0.395 e. The highest BCUT2D eigenvalue weighted by molar-refractivity contribution is 7.81. The lowest BCUT2D eigenvalue weighted by Gasteiger charge is -2.10. The van der Waals surface area contributed by atoms with E-state index in [0.717, 1.165) is 0 Å². The minimum atomic E-state index is -0.159. The molecule has 0 spiro atoms. The topological polar surface area (TPSA) is 49.3 Å². The van der Waals surface area contributed by atoms with E-state index in [0.29, 0.717) is 18.1 Å². The minimum absolute atomic E-state index is 0.0302. The fourth-order valence-electron chi connectivity index (χ4n) is 0.547. The van der Waals surface area contributed by atoms with Crippen molar-refractivity contribution >= 4 is 31.2 Å². The highest BCUT2D eigenvalue weighted by Crippen LogP contribution is 2.01. The van der Waals surface area contributed by atoms with Crippen molar-refractivity contribution in [3.8, 4) is 0 Å². The summed E-state index contributed by atoms with van der Waals surface area (Å²) in [5, 5.41) is 10.9. The molecule has 2 N–H and O–H groups in total. The van der Waals surface area contributed by atoms with Crippen LogP contribution in [-0.4, -0.2) is 35.7 Å². The standard InChI is InChI=1S/C6H13NO2S2/c8-2-1-7-6(9)5(3-10)4-11/h5,8,10-11H,1-4H2,(H,7,9). The van der Waals surface area contributed by atoms with Gasteiger partial charge < -0.3 is 10.4 Å². The molecule has 0 rings (SSSR count). The van der Waals surface area contributed by atoms with E-state index >= 15 is 0 Å². The molecule has 0 aromatic heterocycles. The molecule has 11 heavy (non-hydrogen) atoms. The molecular formula is C6H13NO2S2. The van der Waals surface area contributed by atoms with Crippen LogP contribution in [0.15, 0.2) is 0 Å². The molecule has 3 nitrogen and oxygen atoms in total. The van der Waals surface area contributed by atoms with Crippen molar-refractivity contribution in [2.75, 3.05) is 24.7 Å². The zero-order valence-corrected chi connectivity index (χ0v) is 7.94. The maximum atomic E-state index is 11.0. The molecule has 0 radical (unpaired) electrons. The molecule has 0 saturated carbocycles. The molecule has 66 valence electrons. The lowest BCUT2D eigenvalue weighted by molar-refractivity contribution is -0.123. The zero-order chi connectivity index (χ0) is 8.69. The molecular weight excluding hydrogens is 182 g/mol. The first-order valence-corrected chi connectivity index (χ1v) is 4.63. The number of hydrogen-bond acceptors (Lipinski definition) is 4. The molecule has 0 aromatic carbocycles. The number of carbonyl (C=O) groups excluding carboxylic acids is 1. The Hall–Kier alpha value is 0.130. The van der Waals surface area contributed by atoms with Crippen LogP contribution in [0.1, 0.15) is 0 Å². The summed E-state index contributed by atoms with van der Waals surface area (Å²) in [5.74, 6) is 0.721. The van der Waals surface area contributed by atoms with Gasteiger partial charge in [-0.3, -0.25) is 4.79 Å². The fourth-order valence-corrected chi connectivity index (χ4v) is 1.34. The third-order valence-electron chi connectivity index (χ3n) is 1.22. The smallest absolute Gasteiger partial charge is 0.224 e. The Labute approximate surface area is 77.4 Å². The van der Waals surface area contributed by atoms with Crippen molar-refractivity contribution in [3.05, 3.63) is 0 Å². The van der Waals surface area contributed by atoms with Crippen molar-refractivity contribution in [2.24, 2.45) is 5.92 Å². The van der Waals surface area contributed by atoms with Crippen molar-refractivity contribution in [1.82, 2.24) is 5.32 Å². The molecule has 1 amide bonds. The summed E-state index contributed by atoms with van der Waals surface area (Å²) in [7, 11) is 0. The van der Waals surface area contributed by atoms with Crippen LogP contribution in [-0.2, 0) is 4.79 Å². The molecule has 0 aromatic rings. The molecule has 0 aliphatic rings. The number of aliphatic hydroxyl groups excluding tert-OH is 1. The number of nitrogens with one attached hydrogen (secondary N) is 1. The monoisotopic (exact) mass is 195 g/mol. The van der Waals surface area contributed by atoms with Crippen molar-refractivity contribution < 1.29 is 9.90 Å². The molecule has 0 aliphatic carbocycles. The van der Waals surface area contributed by atoms with E-state index in [2.05, 4.69) is 30.6 Å². The molecule has 0 aliphatic heterocycles. The first kappa shape index (κ1) is 11.1. The van der Waals surface area contributed by atoms with E-state index < -0.39 is 0 Å². The molecule has 0 heterocycles. The van der Waals surface area contributed by atoms with Gasteiger partial charge in [0.15, 0.2) is 0 Å². The van der Waals surface area contributed by atoms with E-state index in [1.807, 2.05) is 0 Å². The lowest BCUT2D eigenvalue weighted by Crippen LogP contribution is -2.34. The second-order valence-electron chi connectivity index (χ2n) is 2.08. The third-order valence-corrected chi connectivity index (χ3v) is 2.10. The normalized spacial score (nSPS) is 10.2. The van der Waals surface area contributed by atoms with Crippen LogP contribution in [0.4, 0.5) is 0 Å². The van der Waals surface area contributed by atoms with Crippen molar-refractivity contribution in [3.63, 3.8) is 0 Å². The van der Waals surface area contributed by atoms with Gasteiger partial charge >= 0.3 is 0 Å². The summed E-state index contributed by atoms with van der Waals surface area (Å²) in [4.78, 5) is 11.0. The van der Waals surface area contributed by atoms with E-state index in [1.165, 1.54) is 0 Å². The van der Waals surface area contributed by atoms with Gasteiger partial charge in [0.1, 0.15) is 0 Å². The van der Waals surface area contributed by atoms with Gasteiger partial charge in [0.25, 0.3) is 0 Å². The summed E-state index contributed by atoms with van der Waals surface area (Å²) in [6.07, 6.45) is 0. The van der Waals surface area contributed by atoms with Crippen LogP contribution in [0.3, 0.4) is 0 Å². The van der Waals surface area contributed by atoms with Crippen molar-refractivity contribution in [1.29, 1.82) is 0 Å². The van der Waals surface area contributed by atoms with Gasteiger partial charge in [0.2, 0.25) is 5.91 Å². The van der Waals surface area contributed by atoms with Gasteiger partial charge in [-0.15, -0.1) is 0 Å². The van der Waals surface area contributed by atoms with E-state index in [-0.39, 0.29) is 18.4 Å². The molecule has 0 unspecified atom stereocenters. The van der Waals surface area contributed by atoms with Gasteiger partial charge in [0, 0.05) is 18.1 Å². The predicted octanol–water partition coefficient (Wildman–Crippen LogP) is -0.429. The Morgan fingerprint density at radius 1 is 1.45 bits per heavy atom. The van der Waals surface area contributed by atoms with Crippen LogP contribution in [0.25, 0.3) is 0 Å². The van der Waals surface area contributed by atoms with Crippen LogP contribution in [0, 0.1) is 5.92 Å². The van der Waals surface area contributed by atoms with Gasteiger partial charge in [0.05, 0.1) is 12.5 Å². The largest absolute Gasteiger partial charge is 0.395 e. The fraction of sp³-hybridized carbons (Fsp3) is 0.833. The first-order valence-electron chi connectivity index (χ1n) is 3.36. The molecule has 0 bridgehead atoms. The summed E-state index contributed by atoms with van der Waals surface area (Å²) < 4.78 is 0. The zero-order valence-electron chi connectivity index (χ0n) is 6.16. The molecule has 0 saturated heterocycles. The second-order valence-corrected chi connectivity index (χ2v) is 2.81. The number of rotatable bonds is 5. The van der Waals surface area contributed by atoms with Crippen LogP contribution in [0.2, 0.25) is 0 Å². The van der Waals surface area contributed by atoms with Crippen LogP contribution < -0.4 is 5.32 Å². The Bertz CT molecular complexity index is 117. The van der Waals surface area contributed by atoms with Gasteiger partial charge in [-0.1, -0.05) is 0 Å². The molecule has 0 fully saturated rings. The van der Waals surface area contributed by atoms with Gasteiger partial charge in [-0.25, -0.2) is 0 Å². The average Bonchev–Trinajstić information content (AvgIpc) is 2.03. The Balaban J connectivity index is 3.61. The Morgan fingerprint density at radius 2 is 2.00 bits per heavy atom. The maximum absolute atomic E-state index is 11.0. The number of carbonyl (C=O) groups is 1. The SMILES string of the molecule is O=C(NCCO)C(CS)CS. The maximum Gasteiger partial charge on any atom is 0.224 e. The van der Waals surface area contributed by atoms with Crippen LogP contribution >= 0.6 is 25.3 Å². The highest BCUT2D eigenvalue weighted by Gasteiger charge is 2.13. The second kappa shape index (κ2) is 6.82.